The summed E-state index contributed by atoms with van der Waals surface area (Å²) in [5.74, 6) is -0.706. The molecule has 8 unspecified atom stereocenters. The lowest BCUT2D eigenvalue weighted by Gasteiger charge is -2.41. The van der Waals surface area contributed by atoms with E-state index in [-0.39, 0.29) is 6.42 Å². The summed E-state index contributed by atoms with van der Waals surface area (Å²) in [6.45, 7) is 3.23. The van der Waals surface area contributed by atoms with Gasteiger partial charge in [-0.1, -0.05) is 205 Å². The van der Waals surface area contributed by atoms with E-state index >= 15 is 0 Å². The van der Waals surface area contributed by atoms with Crippen LogP contribution in [0.5, 0.6) is 0 Å². The number of carbonyl (C=O) groups excluding carboxylic acids is 1. The Bertz CT molecular complexity index is 1250. The van der Waals surface area contributed by atoms with Crippen molar-refractivity contribution in [1.82, 2.24) is 5.32 Å². The van der Waals surface area contributed by atoms with Crippen LogP contribution in [-0.2, 0) is 28.9 Å². The summed E-state index contributed by atoms with van der Waals surface area (Å²) < 4.78 is 47.6. The molecular formula is C50H95NO12S. The summed E-state index contributed by atoms with van der Waals surface area (Å²) in [6, 6.07) is -1.12. The molecule has 7 N–H and O–H groups in total. The van der Waals surface area contributed by atoms with Gasteiger partial charge >= 0.3 is 10.4 Å². The van der Waals surface area contributed by atoms with E-state index in [0.717, 1.165) is 57.8 Å². The van der Waals surface area contributed by atoms with Crippen molar-refractivity contribution in [3.05, 3.63) is 24.3 Å². The molecule has 0 aromatic carbocycles. The highest BCUT2D eigenvalue weighted by Gasteiger charge is 2.48. The van der Waals surface area contributed by atoms with Gasteiger partial charge in [0.2, 0.25) is 5.91 Å². The minimum absolute atomic E-state index is 0.237. The predicted octanol–water partition coefficient (Wildman–Crippen LogP) is 9.86. The van der Waals surface area contributed by atoms with Crippen LogP contribution < -0.4 is 5.32 Å². The maximum absolute atomic E-state index is 13.1. The summed E-state index contributed by atoms with van der Waals surface area (Å²) in [6.07, 6.45) is 35.5. The van der Waals surface area contributed by atoms with Crippen LogP contribution in [0.3, 0.4) is 0 Å². The number of rotatable bonds is 44. The third-order valence-corrected chi connectivity index (χ3v) is 12.8. The van der Waals surface area contributed by atoms with Gasteiger partial charge in [0.1, 0.15) is 30.5 Å². The van der Waals surface area contributed by atoms with Crippen molar-refractivity contribution in [1.29, 1.82) is 0 Å². The number of carbonyl (C=O) groups is 1. The first-order chi connectivity index (χ1) is 30.9. The van der Waals surface area contributed by atoms with E-state index < -0.39 is 78.5 Å². The van der Waals surface area contributed by atoms with Crippen LogP contribution in [0.25, 0.3) is 0 Å². The molecule has 14 heteroatoms. The molecule has 1 aliphatic rings. The number of amides is 1. The zero-order chi connectivity index (χ0) is 47.1. The van der Waals surface area contributed by atoms with Gasteiger partial charge in [0.15, 0.2) is 6.29 Å². The first-order valence-electron chi connectivity index (χ1n) is 25.8. The quantitative estimate of drug-likeness (QED) is 0.0173. The third-order valence-electron chi connectivity index (χ3n) is 12.3. The van der Waals surface area contributed by atoms with Crippen LogP contribution in [0.4, 0.5) is 0 Å². The lowest BCUT2D eigenvalue weighted by molar-refractivity contribution is -0.298. The molecule has 378 valence electrons. The average molecular weight is 934 g/mol. The highest BCUT2D eigenvalue weighted by atomic mass is 32.3. The molecule has 1 saturated heterocycles. The van der Waals surface area contributed by atoms with Crippen molar-refractivity contribution in [2.45, 2.75) is 275 Å². The largest absolute Gasteiger partial charge is 0.397 e. The number of aliphatic hydroxyl groups is 5. The van der Waals surface area contributed by atoms with Crippen molar-refractivity contribution in [2.24, 2.45) is 0 Å². The smallest absolute Gasteiger partial charge is 0.394 e. The van der Waals surface area contributed by atoms with E-state index in [1.165, 1.54) is 141 Å². The zero-order valence-corrected chi connectivity index (χ0v) is 41.0. The number of allylic oxidation sites excluding steroid dienone is 3. The second-order valence-corrected chi connectivity index (χ2v) is 19.3. The first-order valence-corrected chi connectivity index (χ1v) is 27.2. The van der Waals surface area contributed by atoms with Crippen molar-refractivity contribution < 1.29 is 57.0 Å². The summed E-state index contributed by atoms with van der Waals surface area (Å²) in [5.41, 5.74) is 0. The van der Waals surface area contributed by atoms with Crippen LogP contribution in [0.15, 0.2) is 24.3 Å². The molecule has 0 aliphatic carbocycles. The van der Waals surface area contributed by atoms with Crippen molar-refractivity contribution >= 4 is 16.3 Å². The number of aliphatic hydroxyl groups excluding tert-OH is 5. The van der Waals surface area contributed by atoms with Crippen LogP contribution >= 0.6 is 0 Å². The molecule has 0 spiro atoms. The molecule has 8 atom stereocenters. The summed E-state index contributed by atoms with van der Waals surface area (Å²) in [7, 11) is -5.12. The Kier molecular flexibility index (Phi) is 38.4. The molecule has 1 fully saturated rings. The number of nitrogens with one attached hydrogen (secondary N) is 1. The lowest BCUT2D eigenvalue weighted by atomic mass is 9.99. The highest BCUT2D eigenvalue weighted by Crippen LogP contribution is 2.26. The fourth-order valence-corrected chi connectivity index (χ4v) is 8.73. The Morgan fingerprint density at radius 2 is 1.03 bits per heavy atom. The van der Waals surface area contributed by atoms with Crippen LogP contribution in [-0.4, -0.2) is 107 Å². The van der Waals surface area contributed by atoms with E-state index in [1.54, 1.807) is 0 Å². The Balaban J connectivity index is 2.47. The summed E-state index contributed by atoms with van der Waals surface area (Å²) in [4.78, 5) is 13.1. The fraction of sp³-hybridized carbons (Fsp3) is 0.900. The SMILES string of the molecule is CCCCCCCCCCCCC/C=C/C(O)C(COC1OC(CO)C(O)C(OS(=O)(=O)O)C1O)NC(=O)C(O)CCCCCCCC/C=C\CCCCCCCCCCCCCC. The monoisotopic (exact) mass is 934 g/mol. The van der Waals surface area contributed by atoms with Gasteiger partial charge < -0.3 is 40.3 Å². The van der Waals surface area contributed by atoms with E-state index in [4.69, 9.17) is 9.47 Å². The molecule has 0 aromatic heterocycles. The molecule has 1 rings (SSSR count). The normalized spacial score (nSPS) is 20.9. The molecule has 13 nitrogen and oxygen atoms in total. The number of unbranched alkanes of at least 4 members (excludes halogenated alkanes) is 29. The van der Waals surface area contributed by atoms with Crippen molar-refractivity contribution in [3.63, 3.8) is 0 Å². The minimum Gasteiger partial charge on any atom is -0.394 e. The fourth-order valence-electron chi connectivity index (χ4n) is 8.22. The Morgan fingerprint density at radius 3 is 1.45 bits per heavy atom. The Labute approximate surface area is 389 Å². The number of ether oxygens (including phenoxy) is 2. The predicted molar refractivity (Wildman–Crippen MR) is 256 cm³/mol. The summed E-state index contributed by atoms with van der Waals surface area (Å²) >= 11 is 0. The number of hydrogen-bond donors (Lipinski definition) is 7. The summed E-state index contributed by atoms with van der Waals surface area (Å²) in [5, 5.41) is 55.3. The van der Waals surface area contributed by atoms with Gasteiger partial charge in [0.05, 0.1) is 25.4 Å². The molecular weight excluding hydrogens is 839 g/mol. The molecule has 0 aromatic rings. The molecule has 1 aliphatic heterocycles. The second-order valence-electron chi connectivity index (χ2n) is 18.3. The van der Waals surface area contributed by atoms with Crippen LogP contribution in [0.2, 0.25) is 0 Å². The van der Waals surface area contributed by atoms with Gasteiger partial charge in [-0.3, -0.25) is 9.35 Å². The maximum Gasteiger partial charge on any atom is 0.397 e. The molecule has 0 saturated carbocycles. The highest BCUT2D eigenvalue weighted by molar-refractivity contribution is 7.80. The Morgan fingerprint density at radius 1 is 0.625 bits per heavy atom. The second kappa shape index (κ2) is 40.6. The van der Waals surface area contributed by atoms with Gasteiger partial charge in [-0.05, 0) is 44.9 Å². The Hall–Kier alpha value is -1.46. The molecule has 1 heterocycles. The topological polar surface area (TPSA) is 212 Å². The average Bonchev–Trinajstić information content (AvgIpc) is 3.27. The zero-order valence-electron chi connectivity index (χ0n) is 40.2. The van der Waals surface area contributed by atoms with Crippen molar-refractivity contribution in [3.8, 4) is 0 Å². The number of hydrogen-bond acceptors (Lipinski definition) is 11. The van der Waals surface area contributed by atoms with E-state index in [0.29, 0.717) is 12.8 Å². The molecule has 64 heavy (non-hydrogen) atoms. The molecule has 0 radical (unpaired) electrons. The van der Waals surface area contributed by atoms with E-state index in [2.05, 4.69) is 35.5 Å². The van der Waals surface area contributed by atoms with Crippen molar-refractivity contribution in [2.75, 3.05) is 13.2 Å². The van der Waals surface area contributed by atoms with Crippen LogP contribution in [0, 0.1) is 0 Å². The van der Waals surface area contributed by atoms with Gasteiger partial charge in [-0.25, -0.2) is 4.18 Å². The van der Waals surface area contributed by atoms with Crippen LogP contribution in [0.1, 0.15) is 226 Å². The lowest BCUT2D eigenvalue weighted by Crippen LogP contribution is -2.61. The van der Waals surface area contributed by atoms with E-state index in [9.17, 15) is 43.3 Å². The maximum atomic E-state index is 13.1. The standard InChI is InChI=1S/C50H95NO12S/c1-3-5-7-9-11-13-15-17-18-19-20-21-22-23-24-25-27-29-31-33-35-37-39-44(54)49(57)51-42(43(53)38-36-34-32-30-28-26-16-14-12-10-8-6-4-2)41-61-50-47(56)48(63-64(58,59)60)46(55)45(40-52)62-50/h23-24,36,38,42-48,50,52-56H,3-22,25-35,37,39-41H2,1-2H3,(H,51,57)(H,58,59,60)/b24-23-,38-36+. The first kappa shape index (κ1) is 60.6. The molecule has 1 amide bonds. The van der Waals surface area contributed by atoms with Gasteiger partial charge in [0.25, 0.3) is 0 Å². The third kappa shape index (κ3) is 32.3. The van der Waals surface area contributed by atoms with Gasteiger partial charge in [0, 0.05) is 0 Å². The van der Waals surface area contributed by atoms with Gasteiger partial charge in [-0.15, -0.1) is 0 Å². The minimum atomic E-state index is -5.12. The molecule has 0 bridgehead atoms. The van der Waals surface area contributed by atoms with E-state index in [1.807, 2.05) is 6.08 Å². The van der Waals surface area contributed by atoms with Gasteiger partial charge in [-0.2, -0.15) is 8.42 Å².